The summed E-state index contributed by atoms with van der Waals surface area (Å²) in [5.41, 5.74) is 8.15. The van der Waals surface area contributed by atoms with Crippen LogP contribution in [0, 0.1) is 6.92 Å². The molecule has 5 heteroatoms. The number of rotatable bonds is 4. The maximum Gasteiger partial charge on any atom is 0.290 e. The second-order valence-electron chi connectivity index (χ2n) is 4.54. The largest absolute Gasteiger partial charge is 0.389 e. The molecule has 1 heterocycles. The number of amides is 1. The molecular weight excluding hydrogens is 270 g/mol. The second kappa shape index (κ2) is 6.25. The Labute approximate surface area is 123 Å². The van der Waals surface area contributed by atoms with Crippen molar-refractivity contribution in [2.75, 3.05) is 5.32 Å². The van der Waals surface area contributed by atoms with Crippen molar-refractivity contribution < 1.29 is 9.36 Å². The summed E-state index contributed by atoms with van der Waals surface area (Å²) in [5, 5.41) is 2.83. The first kappa shape index (κ1) is 14.1. The molecule has 2 rings (SSSR count). The van der Waals surface area contributed by atoms with Crippen molar-refractivity contribution in [1.82, 2.24) is 0 Å². The van der Waals surface area contributed by atoms with Gasteiger partial charge in [-0.25, -0.2) is 0 Å². The normalized spacial score (nSPS) is 10.1. The Balaban J connectivity index is 2.02. The zero-order valence-corrected chi connectivity index (χ0v) is 12.0. The topological polar surface area (TPSA) is 59.0 Å². The summed E-state index contributed by atoms with van der Waals surface area (Å²) >= 11 is 4.91. The molecule has 0 aliphatic carbocycles. The van der Waals surface area contributed by atoms with E-state index in [4.69, 9.17) is 18.0 Å². The fraction of sp³-hybridized carbons (Fsp3) is 0.133. The number of benzene rings is 1. The van der Waals surface area contributed by atoms with Gasteiger partial charge in [0, 0.05) is 23.4 Å². The van der Waals surface area contributed by atoms with E-state index in [-0.39, 0.29) is 12.5 Å². The summed E-state index contributed by atoms with van der Waals surface area (Å²) < 4.78 is 1.82. The summed E-state index contributed by atoms with van der Waals surface area (Å²) in [6.45, 7) is 2.27. The van der Waals surface area contributed by atoms with Gasteiger partial charge in [0.25, 0.3) is 5.91 Å². The van der Waals surface area contributed by atoms with E-state index in [0.717, 1.165) is 11.1 Å². The van der Waals surface area contributed by atoms with Crippen LogP contribution in [0.4, 0.5) is 5.69 Å². The molecule has 0 bridgehead atoms. The molecule has 20 heavy (non-hydrogen) atoms. The number of aryl methyl sites for hydroxylation is 1. The molecule has 1 amide bonds. The number of carbonyl (C=O) groups is 1. The quantitative estimate of drug-likeness (QED) is 0.662. The minimum absolute atomic E-state index is 0.0982. The molecule has 3 N–H and O–H groups in total. The number of nitrogens with zero attached hydrogens (tertiary/aromatic N) is 1. The van der Waals surface area contributed by atoms with Crippen LogP contribution in [0.5, 0.6) is 0 Å². The number of hydrogen-bond donors (Lipinski definition) is 2. The van der Waals surface area contributed by atoms with Crippen LogP contribution in [0.1, 0.15) is 11.1 Å². The van der Waals surface area contributed by atoms with Gasteiger partial charge in [-0.2, -0.15) is 4.57 Å². The second-order valence-corrected chi connectivity index (χ2v) is 4.98. The van der Waals surface area contributed by atoms with Gasteiger partial charge in [0.1, 0.15) is 4.99 Å². The Morgan fingerprint density at radius 1 is 1.30 bits per heavy atom. The van der Waals surface area contributed by atoms with Crippen LogP contribution < -0.4 is 15.6 Å². The van der Waals surface area contributed by atoms with Crippen LogP contribution in [-0.2, 0) is 11.3 Å². The lowest BCUT2D eigenvalue weighted by molar-refractivity contribution is -0.684. The lowest BCUT2D eigenvalue weighted by atomic mass is 10.2. The predicted molar refractivity (Wildman–Crippen MR) is 82.3 cm³/mol. The first-order chi connectivity index (χ1) is 9.54. The van der Waals surface area contributed by atoms with Gasteiger partial charge in [0.15, 0.2) is 12.4 Å². The molecule has 1 aromatic heterocycles. The highest BCUT2D eigenvalue weighted by molar-refractivity contribution is 7.80. The summed E-state index contributed by atoms with van der Waals surface area (Å²) in [6, 6.07) is 11.1. The van der Waals surface area contributed by atoms with Gasteiger partial charge in [0.2, 0.25) is 6.54 Å². The fourth-order valence-corrected chi connectivity index (χ4v) is 1.88. The molecule has 0 spiro atoms. The van der Waals surface area contributed by atoms with Crippen molar-refractivity contribution in [2.24, 2.45) is 5.73 Å². The molecule has 1 aromatic carbocycles. The first-order valence-electron chi connectivity index (χ1n) is 6.20. The predicted octanol–water partition coefficient (Wildman–Crippen LogP) is 1.56. The minimum Gasteiger partial charge on any atom is -0.389 e. The van der Waals surface area contributed by atoms with Crippen molar-refractivity contribution in [3.05, 3.63) is 59.9 Å². The van der Waals surface area contributed by atoms with E-state index in [2.05, 4.69) is 5.32 Å². The van der Waals surface area contributed by atoms with Gasteiger partial charge in [-0.15, -0.1) is 0 Å². The molecule has 0 aliphatic rings. The summed E-state index contributed by atoms with van der Waals surface area (Å²) in [6.07, 6.45) is 3.75. The molecule has 0 aliphatic heterocycles. The van der Waals surface area contributed by atoms with Crippen LogP contribution in [0.3, 0.4) is 0 Å². The average molecular weight is 286 g/mol. The van der Waals surface area contributed by atoms with E-state index in [0.29, 0.717) is 10.7 Å². The van der Waals surface area contributed by atoms with E-state index in [1.54, 1.807) is 12.1 Å². The van der Waals surface area contributed by atoms with Crippen LogP contribution in [0.15, 0.2) is 48.8 Å². The van der Waals surface area contributed by atoms with Crippen molar-refractivity contribution in [3.63, 3.8) is 0 Å². The molecule has 0 saturated carbocycles. The molecule has 2 aromatic rings. The first-order valence-corrected chi connectivity index (χ1v) is 6.61. The van der Waals surface area contributed by atoms with Crippen molar-refractivity contribution >= 4 is 28.8 Å². The molecule has 0 unspecified atom stereocenters. The third kappa shape index (κ3) is 3.86. The average Bonchev–Trinajstić information content (AvgIpc) is 2.41. The molecular formula is C15H16N3OS+. The van der Waals surface area contributed by atoms with E-state index in [9.17, 15) is 4.79 Å². The fourth-order valence-electron chi connectivity index (χ4n) is 1.75. The number of thiocarbonyl (C=S) groups is 1. The number of hydrogen-bond acceptors (Lipinski definition) is 2. The van der Waals surface area contributed by atoms with Gasteiger partial charge in [-0.1, -0.05) is 24.4 Å². The zero-order chi connectivity index (χ0) is 14.5. The zero-order valence-electron chi connectivity index (χ0n) is 11.2. The number of pyridine rings is 1. The maximum atomic E-state index is 12.0. The number of aromatic nitrogens is 1. The SMILES string of the molecule is Cc1cc[n+](CC(=O)Nc2cccc(C(N)=S)c2)cc1. The molecule has 0 saturated heterocycles. The highest BCUT2D eigenvalue weighted by atomic mass is 32.1. The Kier molecular flexibility index (Phi) is 4.42. The molecule has 0 fully saturated rings. The van der Waals surface area contributed by atoms with Crippen LogP contribution in [0.25, 0.3) is 0 Å². The van der Waals surface area contributed by atoms with Gasteiger partial charge in [0.05, 0.1) is 0 Å². The van der Waals surface area contributed by atoms with Crippen LogP contribution in [-0.4, -0.2) is 10.9 Å². The molecule has 0 radical (unpaired) electrons. The van der Waals surface area contributed by atoms with Gasteiger partial charge in [-0.05, 0) is 24.6 Å². The van der Waals surface area contributed by atoms with Crippen molar-refractivity contribution in [1.29, 1.82) is 0 Å². The third-order valence-electron chi connectivity index (χ3n) is 2.81. The molecule has 4 nitrogen and oxygen atoms in total. The van der Waals surface area contributed by atoms with E-state index < -0.39 is 0 Å². The highest BCUT2D eigenvalue weighted by Gasteiger charge is 2.09. The van der Waals surface area contributed by atoms with Gasteiger partial charge >= 0.3 is 0 Å². The van der Waals surface area contributed by atoms with E-state index >= 15 is 0 Å². The number of carbonyl (C=O) groups excluding carboxylic acids is 1. The summed E-state index contributed by atoms with van der Waals surface area (Å²) in [7, 11) is 0. The van der Waals surface area contributed by atoms with Crippen LogP contribution >= 0.6 is 12.2 Å². The minimum atomic E-state index is -0.0982. The summed E-state index contributed by atoms with van der Waals surface area (Å²) in [4.78, 5) is 12.3. The Hall–Kier alpha value is -2.27. The Bertz CT molecular complexity index is 638. The molecule has 102 valence electrons. The monoisotopic (exact) mass is 286 g/mol. The third-order valence-corrected chi connectivity index (χ3v) is 3.05. The van der Waals surface area contributed by atoms with Gasteiger partial charge in [-0.3, -0.25) is 4.79 Å². The number of anilines is 1. The van der Waals surface area contributed by atoms with Crippen molar-refractivity contribution in [3.8, 4) is 0 Å². The lowest BCUT2D eigenvalue weighted by Gasteiger charge is -2.05. The van der Waals surface area contributed by atoms with Crippen molar-refractivity contribution in [2.45, 2.75) is 13.5 Å². The Morgan fingerprint density at radius 3 is 2.65 bits per heavy atom. The smallest absolute Gasteiger partial charge is 0.290 e. The van der Waals surface area contributed by atoms with Gasteiger partial charge < -0.3 is 11.1 Å². The molecule has 0 atom stereocenters. The van der Waals surface area contributed by atoms with Crippen LogP contribution in [0.2, 0.25) is 0 Å². The van der Waals surface area contributed by atoms with E-state index in [1.165, 1.54) is 0 Å². The number of nitrogens with one attached hydrogen (secondary N) is 1. The van der Waals surface area contributed by atoms with E-state index in [1.807, 2.05) is 48.1 Å². The number of nitrogens with two attached hydrogens (primary N) is 1. The maximum absolute atomic E-state index is 12.0. The summed E-state index contributed by atoms with van der Waals surface area (Å²) in [5.74, 6) is -0.0982. The lowest BCUT2D eigenvalue weighted by Crippen LogP contribution is -2.39. The standard InChI is InChI=1S/C15H15N3OS/c1-11-5-7-18(8-6-11)10-14(19)17-13-4-2-3-12(9-13)15(16)20/h2-9H,10H2,1H3,(H2-,16,17,19,20)/p+1. The Morgan fingerprint density at radius 2 is 2.00 bits per heavy atom. The highest BCUT2D eigenvalue weighted by Crippen LogP contribution is 2.10.